The van der Waals surface area contributed by atoms with E-state index in [2.05, 4.69) is 259 Å². The van der Waals surface area contributed by atoms with E-state index in [0.29, 0.717) is 6.67 Å². The van der Waals surface area contributed by atoms with Gasteiger partial charge in [-0.3, -0.25) is 4.57 Å². The molecule has 5 nitrogen and oxygen atoms in total. The Morgan fingerprint density at radius 2 is 1.06 bits per heavy atom. The molecule has 5 heteroatoms. The minimum absolute atomic E-state index is 0.0194. The molecule has 0 fully saturated rings. The average molecular weight is 877 g/mol. The first-order valence-electron chi connectivity index (χ1n) is 23.5. The number of para-hydroxylation sites is 1. The number of hydrogen-bond acceptors (Lipinski definition) is 4. The van der Waals surface area contributed by atoms with Gasteiger partial charge in [0.2, 0.25) is 0 Å². The van der Waals surface area contributed by atoms with Gasteiger partial charge in [0.25, 0.3) is 0 Å². The van der Waals surface area contributed by atoms with Crippen LogP contribution in [0.5, 0.6) is 11.5 Å². The third kappa shape index (κ3) is 8.51. The van der Waals surface area contributed by atoms with E-state index in [4.69, 9.17) is 9.72 Å². The Balaban J connectivity index is 1.09. The van der Waals surface area contributed by atoms with E-state index in [-0.39, 0.29) is 16.2 Å². The highest BCUT2D eigenvalue weighted by atomic mass is 16.5. The van der Waals surface area contributed by atoms with Crippen LogP contribution in [0.2, 0.25) is 0 Å². The lowest BCUT2D eigenvalue weighted by atomic mass is 9.77. The summed E-state index contributed by atoms with van der Waals surface area (Å²) in [5, 5.41) is 2.34. The van der Waals surface area contributed by atoms with Crippen molar-refractivity contribution in [3.63, 3.8) is 0 Å². The normalized spacial score (nSPS) is 13.4. The number of aromatic nitrogens is 2. The molecule has 0 amide bonds. The van der Waals surface area contributed by atoms with Crippen LogP contribution in [0.3, 0.4) is 0 Å². The van der Waals surface area contributed by atoms with Gasteiger partial charge < -0.3 is 14.5 Å². The van der Waals surface area contributed by atoms with Crippen molar-refractivity contribution < 1.29 is 4.74 Å². The van der Waals surface area contributed by atoms with Crippen molar-refractivity contribution in [3.8, 4) is 50.7 Å². The first-order valence-corrected chi connectivity index (χ1v) is 23.5. The molecule has 0 saturated heterocycles. The van der Waals surface area contributed by atoms with E-state index < -0.39 is 0 Å². The summed E-state index contributed by atoms with van der Waals surface area (Å²) in [4.78, 5) is 9.82. The Morgan fingerprint density at radius 3 is 1.67 bits per heavy atom. The van der Waals surface area contributed by atoms with Crippen LogP contribution in [-0.4, -0.2) is 16.2 Å². The number of anilines is 2. The predicted octanol–water partition coefficient (Wildman–Crippen LogP) is 16.7. The van der Waals surface area contributed by atoms with E-state index in [1.54, 1.807) is 0 Å². The van der Waals surface area contributed by atoms with Crippen molar-refractivity contribution in [1.82, 2.24) is 9.55 Å². The van der Waals surface area contributed by atoms with Crippen molar-refractivity contribution in [2.24, 2.45) is 5.41 Å². The lowest BCUT2D eigenvalue weighted by molar-refractivity contribution is 0.483. The zero-order valence-corrected chi connectivity index (χ0v) is 40.3. The molecule has 1 aliphatic rings. The van der Waals surface area contributed by atoms with Crippen LogP contribution >= 0.6 is 0 Å². The van der Waals surface area contributed by atoms with Crippen LogP contribution in [-0.2, 0) is 10.8 Å². The number of pyridine rings is 1. The van der Waals surface area contributed by atoms with Gasteiger partial charge in [0.15, 0.2) is 0 Å². The van der Waals surface area contributed by atoms with Gasteiger partial charge >= 0.3 is 0 Å². The van der Waals surface area contributed by atoms with Gasteiger partial charge in [-0.05, 0) is 110 Å². The molecule has 1 aliphatic heterocycles. The van der Waals surface area contributed by atoms with E-state index in [9.17, 15) is 0 Å². The largest absolute Gasteiger partial charge is 0.457 e. The van der Waals surface area contributed by atoms with Crippen molar-refractivity contribution in [2.45, 2.75) is 73.1 Å². The van der Waals surface area contributed by atoms with Crippen LogP contribution in [0.25, 0.3) is 61.0 Å². The summed E-state index contributed by atoms with van der Waals surface area (Å²) in [6.07, 6.45) is 4.27. The fraction of sp³-hybridized carbons (Fsp3) is 0.210. The van der Waals surface area contributed by atoms with Gasteiger partial charge in [-0.1, -0.05) is 172 Å². The van der Waals surface area contributed by atoms with E-state index in [1.165, 1.54) is 44.5 Å². The zero-order valence-electron chi connectivity index (χ0n) is 40.3. The highest BCUT2D eigenvalue weighted by Gasteiger charge is 2.34. The molecule has 10 rings (SSSR count). The lowest BCUT2D eigenvalue weighted by Crippen LogP contribution is -2.31. The first-order chi connectivity index (χ1) is 32.1. The summed E-state index contributed by atoms with van der Waals surface area (Å²) in [5.41, 5.74) is 15.1. The second-order valence-corrected chi connectivity index (χ2v) is 21.1. The topological polar surface area (TPSA) is 33.5 Å². The van der Waals surface area contributed by atoms with E-state index in [0.717, 1.165) is 56.2 Å². The Morgan fingerprint density at radius 1 is 0.463 bits per heavy atom. The third-order valence-corrected chi connectivity index (χ3v) is 13.0. The van der Waals surface area contributed by atoms with E-state index in [1.807, 2.05) is 6.20 Å². The molecule has 334 valence electrons. The van der Waals surface area contributed by atoms with Crippen molar-refractivity contribution in [2.75, 3.05) is 16.5 Å². The molecular formula is C62H60N4O. The molecule has 0 aliphatic carbocycles. The Kier molecular flexibility index (Phi) is 10.9. The minimum atomic E-state index is -0.164. The summed E-state index contributed by atoms with van der Waals surface area (Å²) in [7, 11) is 0. The number of hydrogen-bond donors (Lipinski definition) is 0. The van der Waals surface area contributed by atoms with Crippen LogP contribution in [0.4, 0.5) is 11.4 Å². The van der Waals surface area contributed by atoms with Crippen molar-refractivity contribution >= 4 is 33.2 Å². The summed E-state index contributed by atoms with van der Waals surface area (Å²) in [6.45, 7) is 21.3. The highest BCUT2D eigenvalue weighted by molar-refractivity contribution is 6.09. The number of nitrogens with zero attached hydrogens (tertiary/aromatic N) is 4. The summed E-state index contributed by atoms with van der Waals surface area (Å²) >= 11 is 0. The van der Waals surface area contributed by atoms with Crippen LogP contribution in [0.1, 0.15) is 73.4 Å². The van der Waals surface area contributed by atoms with Crippen molar-refractivity contribution in [3.05, 3.63) is 205 Å². The number of fused-ring (bicyclic) bond motifs is 3. The van der Waals surface area contributed by atoms with Gasteiger partial charge in [0.1, 0.15) is 17.3 Å². The number of ether oxygens (including phenoxy) is 1. The van der Waals surface area contributed by atoms with Gasteiger partial charge in [-0.15, -0.1) is 0 Å². The fourth-order valence-electron chi connectivity index (χ4n) is 9.75. The number of allylic oxidation sites excluding steroid dienone is 1. The fourth-order valence-corrected chi connectivity index (χ4v) is 9.75. The second-order valence-electron chi connectivity index (χ2n) is 21.1. The summed E-state index contributed by atoms with van der Waals surface area (Å²) in [6, 6.07) is 63.3. The number of benzene rings is 7. The van der Waals surface area contributed by atoms with Gasteiger partial charge in [0.05, 0.1) is 17.7 Å². The molecule has 7 aromatic carbocycles. The molecule has 0 saturated carbocycles. The van der Waals surface area contributed by atoms with Crippen LogP contribution in [0.15, 0.2) is 194 Å². The smallest absolute Gasteiger partial charge is 0.137 e. The SMILES string of the molecule is CC(C)(C)C1=CN(c2cc(Oc3ccc4c5ccccc5n(-c5cc(C(C)(C)C)ccn5)c4c3)cc(-c3ccccc3)c2)CN1c1cc(-c2ccccc2)c(C(C)(C)C)c(-c2ccccc2)c1. The van der Waals surface area contributed by atoms with E-state index >= 15 is 0 Å². The molecule has 2 aromatic heterocycles. The molecule has 0 radical (unpaired) electrons. The standard InChI is InChI=1S/C62H60N4O/c1-60(2,3)46-31-32-63-58(35-46)66-55-28-20-19-27-51(55)52-30-29-49(39-56(52)66)67-50-34-45(42-21-13-10-14-22-42)33-47(36-50)64-40-57(61(4,5)6)65(41-64)48-37-53(43-23-15-11-16-24-43)59(62(7,8)9)54(38-48)44-25-17-12-18-26-44/h10-40H,41H2,1-9H3. The molecule has 67 heavy (non-hydrogen) atoms. The van der Waals surface area contributed by atoms with Crippen molar-refractivity contribution in [1.29, 1.82) is 0 Å². The summed E-state index contributed by atoms with van der Waals surface area (Å²) in [5.74, 6) is 2.42. The molecular weight excluding hydrogens is 817 g/mol. The minimum Gasteiger partial charge on any atom is -0.457 e. The quantitative estimate of drug-likeness (QED) is 0.152. The Hall–Kier alpha value is -7.37. The average Bonchev–Trinajstić information content (AvgIpc) is 3.92. The zero-order chi connectivity index (χ0) is 46.7. The Labute approximate surface area is 396 Å². The molecule has 0 bridgehead atoms. The summed E-state index contributed by atoms with van der Waals surface area (Å²) < 4.78 is 9.27. The highest BCUT2D eigenvalue weighted by Crippen LogP contribution is 2.47. The molecule has 9 aromatic rings. The van der Waals surface area contributed by atoms with Gasteiger partial charge in [-0.25, -0.2) is 4.98 Å². The predicted molar refractivity (Wildman–Crippen MR) is 283 cm³/mol. The molecule has 0 spiro atoms. The maximum atomic E-state index is 7.00. The van der Waals surface area contributed by atoms with Gasteiger partial charge in [0, 0.05) is 57.8 Å². The molecule has 3 heterocycles. The second kappa shape index (κ2) is 16.8. The Bertz CT molecular complexity index is 3230. The van der Waals surface area contributed by atoms with Crippen LogP contribution < -0.4 is 14.5 Å². The maximum Gasteiger partial charge on any atom is 0.137 e. The third-order valence-electron chi connectivity index (χ3n) is 13.0. The van der Waals surface area contributed by atoms with Gasteiger partial charge in [-0.2, -0.15) is 0 Å². The maximum absolute atomic E-state index is 7.00. The number of rotatable bonds is 8. The van der Waals surface area contributed by atoms with Crippen LogP contribution in [0, 0.1) is 5.41 Å². The molecule has 0 N–H and O–H groups in total. The monoisotopic (exact) mass is 876 g/mol. The molecule has 0 atom stereocenters. The first kappa shape index (κ1) is 43.5. The molecule has 0 unspecified atom stereocenters. The lowest BCUT2D eigenvalue weighted by Gasteiger charge is -2.34.